The third kappa shape index (κ3) is 26.0. The zero-order valence-corrected chi connectivity index (χ0v) is 67.4. The normalized spacial score (nSPS) is 13.9. The molecular weight excluding hydrogens is 1330 g/mol. The molecule has 9 rings (SSSR count). The first kappa shape index (κ1) is 81.3. The second kappa shape index (κ2) is 47.0. The zero-order chi connectivity index (χ0) is 71.9. The van der Waals surface area contributed by atoms with Gasteiger partial charge in [0, 0.05) is 45.0 Å². The van der Waals surface area contributed by atoms with Crippen LogP contribution in [0.2, 0.25) is 0 Å². The van der Waals surface area contributed by atoms with E-state index in [9.17, 15) is 0 Å². The second-order valence-electron chi connectivity index (χ2n) is 30.0. The van der Waals surface area contributed by atoms with Crippen LogP contribution in [0.3, 0.4) is 0 Å². The van der Waals surface area contributed by atoms with E-state index in [0.29, 0.717) is 36.1 Å². The number of benzene rings is 3. The molecule has 2 aliphatic rings. The lowest BCUT2D eigenvalue weighted by Gasteiger charge is -2.29. The summed E-state index contributed by atoms with van der Waals surface area (Å²) in [5.41, 5.74) is 8.65. The van der Waals surface area contributed by atoms with Crippen molar-refractivity contribution < 1.29 is 9.59 Å². The lowest BCUT2D eigenvalue weighted by molar-refractivity contribution is -0.124. The van der Waals surface area contributed by atoms with Crippen LogP contribution in [0.25, 0.3) is 62.9 Å². The number of rotatable bonds is 56. The van der Waals surface area contributed by atoms with Gasteiger partial charge in [0.1, 0.15) is 10.0 Å². The molecule has 0 aliphatic carbocycles. The van der Waals surface area contributed by atoms with Gasteiger partial charge >= 0.3 is 0 Å². The highest BCUT2D eigenvalue weighted by molar-refractivity contribution is 7.24. The first-order valence-corrected chi connectivity index (χ1v) is 44.8. The number of hydrogen-bond acceptors (Lipinski definition) is 8. The molecule has 556 valence electrons. The number of unbranched alkanes of at least 4 members (excludes halogenated alkanes) is 33. The molecule has 7 aromatic rings. The number of carbonyl (C=O) groups excluding carboxylic acids is 2. The topological polar surface area (TPSA) is 66.4 Å². The van der Waals surface area contributed by atoms with Gasteiger partial charge in [0.25, 0.3) is 11.8 Å². The molecule has 0 radical (unpaired) electrons. The van der Waals surface area contributed by atoms with Gasteiger partial charge < -0.3 is 9.80 Å². The SMILES string of the molecule is C=CCC/C=C\Cc1ccc(-c2ccc(-c3cnc(C4=C5C(=O)N(CC(CCCCCCCCCC)CCCCCCCCCCCC)C(c6ncc(-c7ccc(-c8ccc(-c9ccccc9)cc8)s7)s6)=C5C(=O)N4CC(CCCCCCCCCC)CCCCCCCCCCCC)s3)s2)cc1. The number of thiophene rings is 2. The quantitative estimate of drug-likeness (QED) is 0.0281. The molecule has 0 N–H and O–H groups in total. The van der Waals surface area contributed by atoms with Crippen LogP contribution in [0.5, 0.6) is 0 Å². The van der Waals surface area contributed by atoms with Crippen molar-refractivity contribution in [2.45, 2.75) is 304 Å². The third-order valence-corrected chi connectivity index (χ3v) is 26.3. The molecule has 2 amide bonds. The smallest absolute Gasteiger partial charge is 0.261 e. The molecular formula is C93H128N4O2S4. The van der Waals surface area contributed by atoms with Gasteiger partial charge in [-0.05, 0) is 109 Å². The maximum Gasteiger partial charge on any atom is 0.261 e. The molecule has 6 nitrogen and oxygen atoms in total. The second-order valence-corrected chi connectivity index (χ2v) is 34.3. The van der Waals surface area contributed by atoms with Crippen LogP contribution in [-0.4, -0.2) is 44.7 Å². The summed E-state index contributed by atoms with van der Waals surface area (Å²) in [5, 5.41) is 1.52. The fourth-order valence-electron chi connectivity index (χ4n) is 15.4. The Bertz CT molecular complexity index is 3630. The monoisotopic (exact) mass is 1460 g/mol. The van der Waals surface area contributed by atoms with Crippen molar-refractivity contribution in [3.63, 3.8) is 0 Å². The fourth-order valence-corrected chi connectivity index (χ4v) is 19.5. The Morgan fingerprint density at radius 3 is 1.05 bits per heavy atom. The van der Waals surface area contributed by atoms with E-state index in [1.54, 1.807) is 45.3 Å². The van der Waals surface area contributed by atoms with E-state index in [2.05, 4.69) is 159 Å². The number of carbonyl (C=O) groups is 2. The molecule has 103 heavy (non-hydrogen) atoms. The fraction of sp³-hybridized carbons (Fsp3) is 0.548. The van der Waals surface area contributed by atoms with Crippen LogP contribution in [0.4, 0.5) is 0 Å². The molecule has 6 heterocycles. The van der Waals surface area contributed by atoms with Gasteiger partial charge in [0.2, 0.25) is 0 Å². The van der Waals surface area contributed by atoms with Gasteiger partial charge in [-0.3, -0.25) is 9.59 Å². The summed E-state index contributed by atoms with van der Waals surface area (Å²) in [6.45, 7) is 14.3. The molecule has 2 aliphatic heterocycles. The molecule has 0 saturated heterocycles. The number of aromatic nitrogens is 2. The van der Waals surface area contributed by atoms with Crippen molar-refractivity contribution in [1.82, 2.24) is 19.8 Å². The average Bonchev–Trinajstić information content (AvgIpc) is 1.55. The summed E-state index contributed by atoms with van der Waals surface area (Å²) < 4.78 is 0. The first-order valence-electron chi connectivity index (χ1n) is 41.6. The summed E-state index contributed by atoms with van der Waals surface area (Å²) in [4.78, 5) is 54.7. The van der Waals surface area contributed by atoms with Crippen LogP contribution >= 0.6 is 45.3 Å². The van der Waals surface area contributed by atoms with Crippen molar-refractivity contribution in [3.8, 4) is 51.5 Å². The zero-order valence-electron chi connectivity index (χ0n) is 64.1. The summed E-state index contributed by atoms with van der Waals surface area (Å²) in [5.74, 6) is 0.503. The van der Waals surface area contributed by atoms with Gasteiger partial charge in [-0.1, -0.05) is 356 Å². The maximum atomic E-state index is 16.5. The van der Waals surface area contributed by atoms with Crippen LogP contribution in [0, 0.1) is 11.8 Å². The molecule has 4 aromatic heterocycles. The number of thiazole rings is 2. The minimum absolute atomic E-state index is 0.0471. The molecule has 0 saturated carbocycles. The van der Waals surface area contributed by atoms with Crippen molar-refractivity contribution >= 4 is 68.6 Å². The van der Waals surface area contributed by atoms with E-state index < -0.39 is 0 Å². The Morgan fingerprint density at radius 2 is 0.680 bits per heavy atom. The van der Waals surface area contributed by atoms with Crippen molar-refractivity contribution in [3.05, 3.63) is 167 Å². The number of nitrogens with zero attached hydrogens (tertiary/aromatic N) is 4. The molecule has 2 atom stereocenters. The molecule has 3 aromatic carbocycles. The van der Waals surface area contributed by atoms with E-state index in [1.807, 2.05) is 18.5 Å². The minimum atomic E-state index is -0.0471. The van der Waals surface area contributed by atoms with Crippen molar-refractivity contribution in [2.24, 2.45) is 11.8 Å². The van der Waals surface area contributed by atoms with Gasteiger partial charge in [0.05, 0.1) is 32.3 Å². The van der Waals surface area contributed by atoms with E-state index in [0.717, 1.165) is 112 Å². The number of allylic oxidation sites excluding steroid dienone is 3. The Labute approximate surface area is 640 Å². The highest BCUT2D eigenvalue weighted by Crippen LogP contribution is 2.51. The lowest BCUT2D eigenvalue weighted by Crippen LogP contribution is -2.35. The molecule has 0 fully saturated rings. The number of amides is 2. The Hall–Kier alpha value is -5.78. The van der Waals surface area contributed by atoms with Crippen molar-refractivity contribution in [2.75, 3.05) is 13.1 Å². The molecule has 10 heteroatoms. The standard InChI is InChI=1S/C93H128N4O2S4/c1-6-11-16-21-25-29-31-35-40-46-53-74(51-44-38-33-27-23-18-13-8-3)71-96-88(90-94-69-84(102-90)82-67-65-80(100-82)78-59-57-73(58-60-78)50-43-37-20-15-10-5)86-87(93(96)99)89(91-95-70-85(103-91)83-68-66-81(101-83)79-63-61-77(62-64-79)76-55-48-42-49-56-76)97(92(86)98)72-75(52-45-39-34-28-24-19-14-9-4)54-47-41-36-32-30-26-22-17-12-7-2/h10,37,42-43,48-49,55-70,74-75H,5-9,11-36,38-41,44-47,50-54,71-72H2,1-4H3/b43-37-. The number of hydrogen-bond donors (Lipinski definition) is 0. The predicted octanol–water partition coefficient (Wildman–Crippen LogP) is 29.8. The van der Waals surface area contributed by atoms with Crippen LogP contribution < -0.4 is 0 Å². The van der Waals surface area contributed by atoms with Gasteiger partial charge in [0.15, 0.2) is 0 Å². The summed E-state index contributed by atoms with van der Waals surface area (Å²) in [7, 11) is 0. The van der Waals surface area contributed by atoms with Crippen LogP contribution in [0.15, 0.2) is 151 Å². The molecule has 0 bridgehead atoms. The molecule has 2 unspecified atom stereocenters. The van der Waals surface area contributed by atoms with E-state index >= 15 is 9.59 Å². The van der Waals surface area contributed by atoms with E-state index in [4.69, 9.17) is 9.97 Å². The summed E-state index contributed by atoms with van der Waals surface area (Å²) in [6, 6.07) is 37.5. The predicted molar refractivity (Wildman–Crippen MR) is 451 cm³/mol. The Balaban J connectivity index is 1.07. The van der Waals surface area contributed by atoms with E-state index in [-0.39, 0.29) is 11.8 Å². The van der Waals surface area contributed by atoms with Gasteiger partial charge in [-0.15, -0.1) is 51.9 Å². The lowest BCUT2D eigenvalue weighted by atomic mass is 9.93. The Morgan fingerprint density at radius 1 is 0.350 bits per heavy atom. The minimum Gasteiger partial charge on any atom is -0.304 e. The largest absolute Gasteiger partial charge is 0.304 e. The van der Waals surface area contributed by atoms with Gasteiger partial charge in [-0.2, -0.15) is 0 Å². The summed E-state index contributed by atoms with van der Waals surface area (Å²) in [6.07, 6.45) is 64.2. The van der Waals surface area contributed by atoms with Crippen LogP contribution in [0.1, 0.15) is 313 Å². The highest BCUT2D eigenvalue weighted by atomic mass is 32.1. The van der Waals surface area contributed by atoms with E-state index in [1.165, 1.54) is 243 Å². The maximum absolute atomic E-state index is 16.5. The highest BCUT2D eigenvalue weighted by Gasteiger charge is 2.51. The average molecular weight is 1460 g/mol. The van der Waals surface area contributed by atoms with Crippen LogP contribution in [-0.2, 0) is 16.0 Å². The van der Waals surface area contributed by atoms with Crippen molar-refractivity contribution in [1.29, 1.82) is 0 Å². The third-order valence-electron chi connectivity index (χ3n) is 21.6. The number of fused-ring (bicyclic) bond motifs is 1. The first-order chi connectivity index (χ1) is 50.8. The molecule has 0 spiro atoms. The van der Waals surface area contributed by atoms with Gasteiger partial charge in [-0.25, -0.2) is 9.97 Å². The Kier molecular flexibility index (Phi) is 37.1. The summed E-state index contributed by atoms with van der Waals surface area (Å²) >= 11 is 6.87.